The summed E-state index contributed by atoms with van der Waals surface area (Å²) in [5.41, 5.74) is 4.15. The highest BCUT2D eigenvalue weighted by molar-refractivity contribution is 6.42. The Morgan fingerprint density at radius 3 is 2.64 bits per heavy atom. The molecule has 0 spiro atoms. The molecule has 0 atom stereocenters. The van der Waals surface area contributed by atoms with Crippen molar-refractivity contribution in [2.24, 2.45) is 0 Å². The van der Waals surface area contributed by atoms with Crippen molar-refractivity contribution in [2.75, 3.05) is 6.54 Å². The molecule has 0 radical (unpaired) electrons. The van der Waals surface area contributed by atoms with E-state index in [0.717, 1.165) is 28.2 Å². The molecule has 0 saturated carbocycles. The summed E-state index contributed by atoms with van der Waals surface area (Å²) in [4.78, 5) is 12.4. The van der Waals surface area contributed by atoms with Gasteiger partial charge in [0.15, 0.2) is 0 Å². The molecule has 0 saturated heterocycles. The van der Waals surface area contributed by atoms with Crippen molar-refractivity contribution < 1.29 is 9.18 Å². The maximum absolute atomic E-state index is 13.2. The van der Waals surface area contributed by atoms with Gasteiger partial charge < -0.3 is 5.32 Å². The number of hydrogen-bond donors (Lipinski definition) is 1. The van der Waals surface area contributed by atoms with Crippen LogP contribution in [0.15, 0.2) is 42.5 Å². The molecule has 1 N–H and O–H groups in total. The predicted octanol–water partition coefficient (Wildman–Crippen LogP) is 4.84. The van der Waals surface area contributed by atoms with Crippen LogP contribution in [0, 0.1) is 19.7 Å². The van der Waals surface area contributed by atoms with E-state index in [0.29, 0.717) is 23.0 Å². The molecule has 1 aromatic heterocycles. The third kappa shape index (κ3) is 4.72. The summed E-state index contributed by atoms with van der Waals surface area (Å²) in [6, 6.07) is 11.7. The topological polar surface area (TPSA) is 46.9 Å². The Balaban J connectivity index is 1.66. The molecule has 3 aromatic rings. The molecule has 0 aliphatic heterocycles. The average Bonchev–Trinajstić information content (AvgIpc) is 2.92. The molecular formula is C21H20Cl2FN3O. The number of rotatable bonds is 6. The summed E-state index contributed by atoms with van der Waals surface area (Å²) in [6.45, 7) is 4.23. The van der Waals surface area contributed by atoms with Gasteiger partial charge in [0.2, 0.25) is 5.91 Å². The molecule has 2 aromatic carbocycles. The smallest absolute Gasteiger partial charge is 0.224 e. The molecule has 146 valence electrons. The van der Waals surface area contributed by atoms with Gasteiger partial charge in [-0.15, -0.1) is 0 Å². The Kier molecular flexibility index (Phi) is 6.37. The SMILES string of the molecule is Cc1nn(-c2ccc(Cl)c(Cl)c2)c(C)c1CC(=O)NCCc1cccc(F)c1. The number of halogens is 3. The molecule has 4 nitrogen and oxygen atoms in total. The van der Waals surface area contributed by atoms with E-state index >= 15 is 0 Å². The maximum atomic E-state index is 13.2. The van der Waals surface area contributed by atoms with Crippen LogP contribution in [0.25, 0.3) is 5.69 Å². The van der Waals surface area contributed by atoms with Crippen molar-refractivity contribution in [3.8, 4) is 5.69 Å². The second kappa shape index (κ2) is 8.76. The van der Waals surface area contributed by atoms with Crippen molar-refractivity contribution in [2.45, 2.75) is 26.7 Å². The van der Waals surface area contributed by atoms with Gasteiger partial charge in [-0.2, -0.15) is 5.10 Å². The first-order valence-corrected chi connectivity index (χ1v) is 9.62. The highest BCUT2D eigenvalue weighted by atomic mass is 35.5. The zero-order chi connectivity index (χ0) is 20.3. The van der Waals surface area contributed by atoms with E-state index < -0.39 is 0 Å². The predicted molar refractivity (Wildman–Crippen MR) is 110 cm³/mol. The van der Waals surface area contributed by atoms with Crippen LogP contribution >= 0.6 is 23.2 Å². The molecule has 0 unspecified atom stereocenters. The second-order valence-electron chi connectivity index (χ2n) is 6.57. The van der Waals surface area contributed by atoms with Crippen LogP contribution in [0.3, 0.4) is 0 Å². The Labute approximate surface area is 173 Å². The summed E-state index contributed by atoms with van der Waals surface area (Å²) in [5.74, 6) is -0.374. The average molecular weight is 420 g/mol. The Bertz CT molecular complexity index is 1020. The van der Waals surface area contributed by atoms with Crippen LogP contribution in [0.2, 0.25) is 10.0 Å². The quantitative estimate of drug-likeness (QED) is 0.621. The minimum absolute atomic E-state index is 0.101. The summed E-state index contributed by atoms with van der Waals surface area (Å²) in [7, 11) is 0. The number of amides is 1. The summed E-state index contributed by atoms with van der Waals surface area (Å²) in [6.07, 6.45) is 0.798. The van der Waals surface area contributed by atoms with E-state index in [2.05, 4.69) is 10.4 Å². The van der Waals surface area contributed by atoms with Crippen molar-refractivity contribution >= 4 is 29.1 Å². The molecule has 0 fully saturated rings. The van der Waals surface area contributed by atoms with E-state index in [1.807, 2.05) is 26.0 Å². The third-order valence-corrected chi connectivity index (χ3v) is 5.29. The van der Waals surface area contributed by atoms with E-state index in [9.17, 15) is 9.18 Å². The number of benzene rings is 2. The van der Waals surface area contributed by atoms with Gasteiger partial charge in [-0.3, -0.25) is 4.79 Å². The maximum Gasteiger partial charge on any atom is 0.224 e. The fourth-order valence-corrected chi connectivity index (χ4v) is 3.35. The van der Waals surface area contributed by atoms with Crippen molar-refractivity contribution in [3.05, 3.63) is 80.8 Å². The summed E-state index contributed by atoms with van der Waals surface area (Å²) in [5, 5.41) is 8.34. The molecule has 0 aliphatic rings. The van der Waals surface area contributed by atoms with Crippen LogP contribution in [-0.4, -0.2) is 22.2 Å². The molecule has 0 bridgehead atoms. The Morgan fingerprint density at radius 2 is 1.93 bits per heavy atom. The molecule has 3 rings (SSSR count). The van der Waals surface area contributed by atoms with Crippen molar-refractivity contribution in [1.29, 1.82) is 0 Å². The Morgan fingerprint density at radius 1 is 1.14 bits per heavy atom. The summed E-state index contributed by atoms with van der Waals surface area (Å²) < 4.78 is 15.0. The molecule has 28 heavy (non-hydrogen) atoms. The zero-order valence-electron chi connectivity index (χ0n) is 15.6. The van der Waals surface area contributed by atoms with Gasteiger partial charge in [0.25, 0.3) is 0 Å². The second-order valence-corrected chi connectivity index (χ2v) is 7.38. The van der Waals surface area contributed by atoms with E-state index in [1.165, 1.54) is 12.1 Å². The molecular weight excluding hydrogens is 400 g/mol. The molecule has 0 aliphatic carbocycles. The van der Waals surface area contributed by atoms with E-state index in [1.54, 1.807) is 22.9 Å². The number of nitrogens with zero attached hydrogens (tertiary/aromatic N) is 2. The van der Waals surface area contributed by atoms with Crippen LogP contribution < -0.4 is 5.32 Å². The van der Waals surface area contributed by atoms with Crippen molar-refractivity contribution in [1.82, 2.24) is 15.1 Å². The van der Waals surface area contributed by atoms with Crippen LogP contribution in [0.4, 0.5) is 4.39 Å². The van der Waals surface area contributed by atoms with Crippen LogP contribution in [0.5, 0.6) is 0 Å². The number of aromatic nitrogens is 2. The summed E-state index contributed by atoms with van der Waals surface area (Å²) >= 11 is 12.1. The third-order valence-electron chi connectivity index (χ3n) is 4.55. The number of hydrogen-bond acceptors (Lipinski definition) is 2. The van der Waals surface area contributed by atoms with Gasteiger partial charge in [0.1, 0.15) is 5.82 Å². The lowest BCUT2D eigenvalue weighted by Gasteiger charge is -2.08. The number of carbonyl (C=O) groups is 1. The largest absolute Gasteiger partial charge is 0.355 e. The molecule has 7 heteroatoms. The normalized spacial score (nSPS) is 10.9. The number of nitrogens with one attached hydrogen (secondary N) is 1. The minimum Gasteiger partial charge on any atom is -0.355 e. The van der Waals surface area contributed by atoms with Crippen LogP contribution in [-0.2, 0) is 17.6 Å². The highest BCUT2D eigenvalue weighted by Crippen LogP contribution is 2.26. The number of aryl methyl sites for hydroxylation is 1. The van der Waals surface area contributed by atoms with Crippen molar-refractivity contribution in [3.63, 3.8) is 0 Å². The number of carbonyl (C=O) groups excluding carboxylic acids is 1. The van der Waals surface area contributed by atoms with Gasteiger partial charge >= 0.3 is 0 Å². The molecule has 1 heterocycles. The van der Waals surface area contributed by atoms with Gasteiger partial charge in [-0.25, -0.2) is 9.07 Å². The van der Waals surface area contributed by atoms with E-state index in [-0.39, 0.29) is 18.1 Å². The van der Waals surface area contributed by atoms with E-state index in [4.69, 9.17) is 23.2 Å². The van der Waals surface area contributed by atoms with Gasteiger partial charge in [-0.1, -0.05) is 35.3 Å². The lowest BCUT2D eigenvalue weighted by molar-refractivity contribution is -0.120. The first-order valence-electron chi connectivity index (χ1n) is 8.87. The first-order chi connectivity index (χ1) is 13.3. The first kappa shape index (κ1) is 20.4. The fraction of sp³-hybridized carbons (Fsp3) is 0.238. The lowest BCUT2D eigenvalue weighted by atomic mass is 10.1. The van der Waals surface area contributed by atoms with Crippen LogP contribution in [0.1, 0.15) is 22.5 Å². The lowest BCUT2D eigenvalue weighted by Crippen LogP contribution is -2.27. The minimum atomic E-state index is -0.273. The van der Waals surface area contributed by atoms with Gasteiger partial charge in [-0.05, 0) is 56.2 Å². The standard InChI is InChI=1S/C21H20Cl2FN3O/c1-13-18(12-21(28)25-9-8-15-4-3-5-16(24)10-15)14(2)27(26-13)17-6-7-19(22)20(23)11-17/h3-7,10-11H,8-9,12H2,1-2H3,(H,25,28). The van der Waals surface area contributed by atoms with Gasteiger partial charge in [0, 0.05) is 17.8 Å². The Hall–Kier alpha value is -2.37. The fourth-order valence-electron chi connectivity index (χ4n) is 3.06. The molecule has 1 amide bonds. The zero-order valence-corrected chi connectivity index (χ0v) is 17.1. The monoisotopic (exact) mass is 419 g/mol. The van der Waals surface area contributed by atoms with Gasteiger partial charge in [0.05, 0.1) is 27.8 Å². The highest BCUT2D eigenvalue weighted by Gasteiger charge is 2.16.